The highest BCUT2D eigenvalue weighted by atomic mass is 16.2. The summed E-state index contributed by atoms with van der Waals surface area (Å²) < 4.78 is 0. The average Bonchev–Trinajstić information content (AvgIpc) is 2.92. The Bertz CT molecular complexity index is 536. The van der Waals surface area contributed by atoms with E-state index in [9.17, 15) is 9.59 Å². The van der Waals surface area contributed by atoms with Crippen LogP contribution in [0.4, 0.5) is 5.69 Å². The van der Waals surface area contributed by atoms with Crippen LogP contribution in [0.2, 0.25) is 0 Å². The van der Waals surface area contributed by atoms with E-state index in [0.717, 1.165) is 5.69 Å². The number of carbonyl (C=O) groups excluding carboxylic acids is 2. The van der Waals surface area contributed by atoms with Crippen molar-refractivity contribution in [1.82, 2.24) is 4.90 Å². The molecule has 1 saturated heterocycles. The van der Waals surface area contributed by atoms with E-state index in [1.807, 2.05) is 30.3 Å². The number of hydrogen-bond acceptors (Lipinski definition) is 3. The lowest BCUT2D eigenvalue weighted by Gasteiger charge is -2.18. The first-order valence-electron chi connectivity index (χ1n) is 6.70. The van der Waals surface area contributed by atoms with E-state index in [4.69, 9.17) is 5.26 Å². The summed E-state index contributed by atoms with van der Waals surface area (Å²) in [5.74, 6) is -0.537. The van der Waals surface area contributed by atoms with Crippen molar-refractivity contribution in [2.24, 2.45) is 5.92 Å². The van der Waals surface area contributed by atoms with Crippen molar-refractivity contribution in [3.05, 3.63) is 30.3 Å². The van der Waals surface area contributed by atoms with Crippen LogP contribution in [0.5, 0.6) is 0 Å². The molecule has 2 rings (SSSR count). The van der Waals surface area contributed by atoms with Crippen molar-refractivity contribution in [1.29, 1.82) is 5.26 Å². The van der Waals surface area contributed by atoms with E-state index < -0.39 is 6.04 Å². The molecule has 0 bridgehead atoms. The first kappa shape index (κ1) is 14.1. The molecule has 0 aliphatic carbocycles. The maximum absolute atomic E-state index is 12.2. The number of nitriles is 1. The highest BCUT2D eigenvalue weighted by Crippen LogP contribution is 2.25. The minimum Gasteiger partial charge on any atom is -0.326 e. The second-order valence-corrected chi connectivity index (χ2v) is 4.83. The van der Waals surface area contributed by atoms with Crippen LogP contribution in [-0.2, 0) is 9.59 Å². The molecule has 1 fully saturated rings. The molecule has 2 atom stereocenters. The molecule has 5 heteroatoms. The molecule has 1 aliphatic rings. The molecule has 2 unspecified atom stereocenters. The van der Waals surface area contributed by atoms with Crippen molar-refractivity contribution >= 4 is 17.5 Å². The third-order valence-corrected chi connectivity index (χ3v) is 3.49. The molecule has 1 aromatic rings. The van der Waals surface area contributed by atoms with E-state index >= 15 is 0 Å². The summed E-state index contributed by atoms with van der Waals surface area (Å²) in [5, 5.41) is 11.9. The van der Waals surface area contributed by atoms with Gasteiger partial charge in [0.1, 0.15) is 6.04 Å². The molecule has 20 heavy (non-hydrogen) atoms. The van der Waals surface area contributed by atoms with Crippen molar-refractivity contribution in [2.45, 2.75) is 25.8 Å². The minimum absolute atomic E-state index is 0.0773. The SMILES string of the molecule is CCC(=O)N1CC(C(=O)Nc2ccccc2)CC1C#N. The third-order valence-electron chi connectivity index (χ3n) is 3.49. The zero-order chi connectivity index (χ0) is 14.5. The fraction of sp³-hybridized carbons (Fsp3) is 0.400. The second kappa shape index (κ2) is 6.20. The number of nitrogens with zero attached hydrogens (tertiary/aromatic N) is 2. The zero-order valence-electron chi connectivity index (χ0n) is 11.4. The van der Waals surface area contributed by atoms with Crippen LogP contribution in [0, 0.1) is 17.2 Å². The summed E-state index contributed by atoms with van der Waals surface area (Å²) in [6.45, 7) is 2.08. The molecule has 1 aliphatic heterocycles. The number of carbonyl (C=O) groups is 2. The Morgan fingerprint density at radius 1 is 1.40 bits per heavy atom. The van der Waals surface area contributed by atoms with Crippen molar-refractivity contribution in [3.8, 4) is 6.07 Å². The van der Waals surface area contributed by atoms with Gasteiger partial charge in [-0.3, -0.25) is 9.59 Å². The second-order valence-electron chi connectivity index (χ2n) is 4.83. The summed E-state index contributed by atoms with van der Waals surface area (Å²) in [4.78, 5) is 25.4. The molecule has 1 N–H and O–H groups in total. The lowest BCUT2D eigenvalue weighted by Crippen LogP contribution is -2.35. The van der Waals surface area contributed by atoms with E-state index in [-0.39, 0.29) is 17.7 Å². The first-order valence-corrected chi connectivity index (χ1v) is 6.70. The van der Waals surface area contributed by atoms with Gasteiger partial charge < -0.3 is 10.2 Å². The van der Waals surface area contributed by atoms with Gasteiger partial charge in [0.05, 0.1) is 12.0 Å². The van der Waals surface area contributed by atoms with Gasteiger partial charge in [0.25, 0.3) is 0 Å². The molecular formula is C15H17N3O2. The van der Waals surface area contributed by atoms with E-state index in [1.165, 1.54) is 4.90 Å². The summed E-state index contributed by atoms with van der Waals surface area (Å²) in [6.07, 6.45) is 0.756. The van der Waals surface area contributed by atoms with Crippen LogP contribution in [-0.4, -0.2) is 29.3 Å². The molecular weight excluding hydrogens is 254 g/mol. The van der Waals surface area contributed by atoms with Gasteiger partial charge in [0.15, 0.2) is 0 Å². The lowest BCUT2D eigenvalue weighted by molar-refractivity contribution is -0.131. The Labute approximate surface area is 118 Å². The standard InChI is InChI=1S/C15H17N3O2/c1-2-14(19)18-10-11(8-13(18)9-16)15(20)17-12-6-4-3-5-7-12/h3-7,11,13H,2,8,10H2,1H3,(H,17,20). The van der Waals surface area contributed by atoms with Gasteiger partial charge in [0, 0.05) is 18.7 Å². The average molecular weight is 271 g/mol. The Balaban J connectivity index is 2.02. The van der Waals surface area contributed by atoms with Crippen LogP contribution in [0.1, 0.15) is 19.8 Å². The van der Waals surface area contributed by atoms with E-state index in [2.05, 4.69) is 11.4 Å². The molecule has 0 spiro atoms. The largest absolute Gasteiger partial charge is 0.326 e. The van der Waals surface area contributed by atoms with Crippen LogP contribution in [0.3, 0.4) is 0 Å². The lowest BCUT2D eigenvalue weighted by atomic mass is 10.1. The molecule has 0 aromatic heterocycles. The Morgan fingerprint density at radius 3 is 2.70 bits per heavy atom. The van der Waals surface area contributed by atoms with Gasteiger partial charge in [-0.2, -0.15) is 5.26 Å². The van der Waals surface area contributed by atoms with Gasteiger partial charge in [-0.25, -0.2) is 0 Å². The number of anilines is 1. The molecule has 0 radical (unpaired) electrons. The maximum atomic E-state index is 12.2. The molecule has 2 amide bonds. The zero-order valence-corrected chi connectivity index (χ0v) is 11.4. The maximum Gasteiger partial charge on any atom is 0.229 e. The molecule has 0 saturated carbocycles. The fourth-order valence-corrected chi connectivity index (χ4v) is 2.39. The van der Waals surface area contributed by atoms with E-state index in [0.29, 0.717) is 19.4 Å². The summed E-state index contributed by atoms with van der Waals surface area (Å²) >= 11 is 0. The number of nitrogens with one attached hydrogen (secondary N) is 1. The van der Waals surface area contributed by atoms with Gasteiger partial charge in [0.2, 0.25) is 11.8 Å². The van der Waals surface area contributed by atoms with Gasteiger partial charge in [-0.05, 0) is 18.6 Å². The molecule has 1 aromatic carbocycles. The topological polar surface area (TPSA) is 73.2 Å². The quantitative estimate of drug-likeness (QED) is 0.910. The Kier molecular flexibility index (Phi) is 4.36. The predicted molar refractivity (Wildman–Crippen MR) is 74.6 cm³/mol. The highest BCUT2D eigenvalue weighted by molar-refractivity contribution is 5.93. The van der Waals surface area contributed by atoms with Crippen LogP contribution >= 0.6 is 0 Å². The number of benzene rings is 1. The Morgan fingerprint density at radius 2 is 2.10 bits per heavy atom. The number of hydrogen-bond donors (Lipinski definition) is 1. The fourth-order valence-electron chi connectivity index (χ4n) is 2.39. The van der Waals surface area contributed by atoms with Crippen LogP contribution in [0.15, 0.2) is 30.3 Å². The summed E-state index contributed by atoms with van der Waals surface area (Å²) in [6, 6.07) is 10.8. The van der Waals surface area contributed by atoms with Gasteiger partial charge in [-0.15, -0.1) is 0 Å². The summed E-state index contributed by atoms with van der Waals surface area (Å²) in [5.41, 5.74) is 0.728. The van der Waals surface area contributed by atoms with Gasteiger partial charge >= 0.3 is 0 Å². The van der Waals surface area contributed by atoms with Crippen LogP contribution in [0.25, 0.3) is 0 Å². The third kappa shape index (κ3) is 2.97. The number of para-hydroxylation sites is 1. The monoisotopic (exact) mass is 271 g/mol. The normalized spacial score (nSPS) is 21.3. The highest BCUT2D eigenvalue weighted by Gasteiger charge is 2.38. The molecule has 1 heterocycles. The minimum atomic E-state index is -0.492. The molecule has 5 nitrogen and oxygen atoms in total. The number of rotatable bonds is 3. The summed E-state index contributed by atoms with van der Waals surface area (Å²) in [7, 11) is 0. The van der Waals surface area contributed by atoms with E-state index in [1.54, 1.807) is 6.92 Å². The van der Waals surface area contributed by atoms with Crippen molar-refractivity contribution in [2.75, 3.05) is 11.9 Å². The number of amides is 2. The smallest absolute Gasteiger partial charge is 0.229 e. The Hall–Kier alpha value is -2.35. The first-order chi connectivity index (χ1) is 9.65. The predicted octanol–water partition coefficient (Wildman–Crippen LogP) is 1.78. The number of likely N-dealkylation sites (tertiary alicyclic amines) is 1. The van der Waals surface area contributed by atoms with Crippen LogP contribution < -0.4 is 5.32 Å². The van der Waals surface area contributed by atoms with Gasteiger partial charge in [-0.1, -0.05) is 25.1 Å². The van der Waals surface area contributed by atoms with Crippen molar-refractivity contribution < 1.29 is 9.59 Å². The van der Waals surface area contributed by atoms with Crippen molar-refractivity contribution in [3.63, 3.8) is 0 Å². The molecule has 104 valence electrons.